The molecule has 0 unspecified atom stereocenters. The smallest absolute Gasteiger partial charge is 0.283 e. The van der Waals surface area contributed by atoms with Crippen molar-refractivity contribution < 1.29 is 14.3 Å². The molecule has 0 saturated carbocycles. The van der Waals surface area contributed by atoms with Crippen molar-refractivity contribution in [1.29, 1.82) is 5.41 Å². The molecule has 4 heterocycles. The van der Waals surface area contributed by atoms with Gasteiger partial charge in [0, 0.05) is 31.5 Å². The Morgan fingerprint density at radius 2 is 1.91 bits per heavy atom. The van der Waals surface area contributed by atoms with E-state index in [0.29, 0.717) is 29.8 Å². The van der Waals surface area contributed by atoms with Crippen LogP contribution in [0.5, 0.6) is 11.5 Å². The fraction of sp³-hybridized carbons (Fsp3) is 0.333. The molecule has 1 aromatic heterocycles. The molecule has 0 atom stereocenters. The van der Waals surface area contributed by atoms with Crippen molar-refractivity contribution in [2.24, 2.45) is 10.1 Å². The van der Waals surface area contributed by atoms with Crippen molar-refractivity contribution in [3.8, 4) is 11.5 Å². The van der Waals surface area contributed by atoms with Gasteiger partial charge in [0.2, 0.25) is 5.17 Å². The zero-order valence-corrected chi connectivity index (χ0v) is 19.8. The van der Waals surface area contributed by atoms with Gasteiger partial charge in [0.25, 0.3) is 5.91 Å². The first-order valence-electron chi connectivity index (χ1n) is 11.3. The standard InChI is InChI=1S/C24H26N6O3S/c1-32-19-9-2-3-10-20(19)33-15-7-14-28-13-6-8-17(28)16-18-21(25)30-23(26-22(18)31)34-24(27-30)29-11-4-5-12-29/h2-3,6,8-10,13,16,25H,4-5,7,11-12,14-15H2,1H3/b18-16+,25-21?. The number of aliphatic imine (C=N–C) groups is 1. The molecule has 2 aromatic rings. The summed E-state index contributed by atoms with van der Waals surface area (Å²) in [5.41, 5.74) is 1.07. The van der Waals surface area contributed by atoms with Crippen molar-refractivity contribution in [1.82, 2.24) is 14.5 Å². The van der Waals surface area contributed by atoms with Crippen LogP contribution in [0.1, 0.15) is 25.0 Å². The molecule has 9 nitrogen and oxygen atoms in total. The molecule has 0 bridgehead atoms. The van der Waals surface area contributed by atoms with Crippen LogP contribution in [0.3, 0.4) is 0 Å². The average Bonchev–Trinajstić information content (AvgIpc) is 3.61. The number of aryl methyl sites for hydroxylation is 1. The van der Waals surface area contributed by atoms with Crippen LogP contribution in [0.15, 0.2) is 58.3 Å². The number of para-hydroxylation sites is 2. The van der Waals surface area contributed by atoms with Gasteiger partial charge in [0.05, 0.1) is 19.3 Å². The Kier molecular flexibility index (Phi) is 6.39. The van der Waals surface area contributed by atoms with E-state index in [9.17, 15) is 4.79 Å². The van der Waals surface area contributed by atoms with Gasteiger partial charge >= 0.3 is 0 Å². The number of nitrogens with zero attached hydrogens (tertiary/aromatic N) is 5. The molecule has 0 radical (unpaired) electrons. The van der Waals surface area contributed by atoms with Crippen molar-refractivity contribution in [3.63, 3.8) is 0 Å². The number of carbonyl (C=O) groups is 1. The summed E-state index contributed by atoms with van der Waals surface area (Å²) in [4.78, 5) is 19.1. The number of hydrogen-bond donors (Lipinski definition) is 1. The number of fused-ring (bicyclic) bond motifs is 1. The number of hydrazone groups is 1. The Morgan fingerprint density at radius 3 is 2.71 bits per heavy atom. The van der Waals surface area contributed by atoms with Crippen molar-refractivity contribution in [2.75, 3.05) is 26.8 Å². The van der Waals surface area contributed by atoms with E-state index in [4.69, 9.17) is 14.9 Å². The van der Waals surface area contributed by atoms with Gasteiger partial charge in [-0.15, -0.1) is 5.10 Å². The van der Waals surface area contributed by atoms with Crippen LogP contribution in [0.2, 0.25) is 0 Å². The quantitative estimate of drug-likeness (QED) is 0.482. The average molecular weight is 479 g/mol. The fourth-order valence-electron chi connectivity index (χ4n) is 4.08. The lowest BCUT2D eigenvalue weighted by Crippen LogP contribution is -2.35. The second-order valence-corrected chi connectivity index (χ2v) is 9.01. The third kappa shape index (κ3) is 4.45. The zero-order chi connectivity index (χ0) is 23.5. The van der Waals surface area contributed by atoms with Crippen LogP contribution < -0.4 is 9.47 Å². The van der Waals surface area contributed by atoms with Crippen molar-refractivity contribution in [3.05, 3.63) is 53.9 Å². The second-order valence-electron chi connectivity index (χ2n) is 8.08. The number of aromatic nitrogens is 1. The highest BCUT2D eigenvalue weighted by Crippen LogP contribution is 2.31. The van der Waals surface area contributed by atoms with Crippen LogP contribution in [0.4, 0.5) is 0 Å². The lowest BCUT2D eigenvalue weighted by molar-refractivity contribution is -0.114. The summed E-state index contributed by atoms with van der Waals surface area (Å²) < 4.78 is 13.2. The normalized spacial score (nSPS) is 18.9. The molecule has 3 aliphatic rings. The maximum atomic E-state index is 12.7. The zero-order valence-electron chi connectivity index (χ0n) is 18.9. The minimum atomic E-state index is -0.408. The van der Waals surface area contributed by atoms with Crippen LogP contribution in [-0.4, -0.2) is 63.4 Å². The van der Waals surface area contributed by atoms with E-state index < -0.39 is 5.91 Å². The van der Waals surface area contributed by atoms with Crippen LogP contribution in [0, 0.1) is 5.41 Å². The molecule has 5 rings (SSSR count). The fourth-order valence-corrected chi connectivity index (χ4v) is 5.03. The number of thioether (sulfide) groups is 1. The lowest BCUT2D eigenvalue weighted by atomic mass is 10.1. The summed E-state index contributed by atoms with van der Waals surface area (Å²) >= 11 is 1.36. The van der Waals surface area contributed by atoms with Gasteiger partial charge in [-0.1, -0.05) is 12.1 Å². The number of carbonyl (C=O) groups excluding carboxylic acids is 1. The molecule has 1 fully saturated rings. The molecule has 0 spiro atoms. The monoisotopic (exact) mass is 478 g/mol. The van der Waals surface area contributed by atoms with Crippen LogP contribution >= 0.6 is 11.8 Å². The van der Waals surface area contributed by atoms with Gasteiger partial charge in [0.1, 0.15) is 0 Å². The molecule has 34 heavy (non-hydrogen) atoms. The molecule has 1 amide bonds. The third-order valence-corrected chi connectivity index (χ3v) is 6.82. The Balaban J connectivity index is 1.25. The first-order chi connectivity index (χ1) is 16.6. The van der Waals surface area contributed by atoms with E-state index in [1.807, 2.05) is 47.2 Å². The largest absolute Gasteiger partial charge is 0.493 e. The number of amidine groups is 3. The number of ether oxygens (including phenoxy) is 2. The van der Waals surface area contributed by atoms with Crippen LogP contribution in [-0.2, 0) is 11.3 Å². The number of benzene rings is 1. The van der Waals surface area contributed by atoms with E-state index in [-0.39, 0.29) is 11.4 Å². The molecule has 176 valence electrons. The maximum absolute atomic E-state index is 12.7. The number of methoxy groups -OCH3 is 1. The van der Waals surface area contributed by atoms with Gasteiger partial charge in [-0.25, -0.2) is 0 Å². The van der Waals surface area contributed by atoms with E-state index in [1.165, 1.54) is 16.8 Å². The number of likely N-dealkylation sites (tertiary alicyclic amines) is 1. The Hall–Kier alpha value is -3.53. The highest BCUT2D eigenvalue weighted by molar-refractivity contribution is 8.26. The second kappa shape index (κ2) is 9.76. The number of amides is 1. The van der Waals surface area contributed by atoms with Gasteiger partial charge in [-0.05, 0) is 61.4 Å². The summed E-state index contributed by atoms with van der Waals surface area (Å²) in [7, 11) is 1.62. The van der Waals surface area contributed by atoms with E-state index in [2.05, 4.69) is 15.0 Å². The molecular formula is C24H26N6O3S. The summed E-state index contributed by atoms with van der Waals surface area (Å²) in [5.74, 6) is 1.07. The molecule has 1 saturated heterocycles. The SMILES string of the molecule is COc1ccccc1OCCCn1cccc1/C=C1\C(=N)N2N=C(N3CCCC3)SC2=NC1=O. The Labute approximate surface area is 202 Å². The van der Waals surface area contributed by atoms with E-state index >= 15 is 0 Å². The predicted octanol–water partition coefficient (Wildman–Crippen LogP) is 3.64. The summed E-state index contributed by atoms with van der Waals surface area (Å²) in [6, 6.07) is 11.4. The lowest BCUT2D eigenvalue weighted by Gasteiger charge is -2.20. The number of rotatable bonds is 7. The Morgan fingerprint density at radius 1 is 1.12 bits per heavy atom. The van der Waals surface area contributed by atoms with Gasteiger partial charge < -0.3 is 18.9 Å². The summed E-state index contributed by atoms with van der Waals surface area (Å²) in [6.45, 7) is 3.13. The molecule has 10 heteroatoms. The summed E-state index contributed by atoms with van der Waals surface area (Å²) in [5, 5.41) is 15.9. The molecule has 1 aromatic carbocycles. The van der Waals surface area contributed by atoms with E-state index in [0.717, 1.165) is 43.2 Å². The predicted molar refractivity (Wildman–Crippen MR) is 133 cm³/mol. The minimum absolute atomic E-state index is 0.0592. The summed E-state index contributed by atoms with van der Waals surface area (Å²) in [6.07, 6.45) is 6.71. The molecular weight excluding hydrogens is 452 g/mol. The van der Waals surface area contributed by atoms with Crippen molar-refractivity contribution in [2.45, 2.75) is 25.8 Å². The van der Waals surface area contributed by atoms with Gasteiger partial charge in [-0.3, -0.25) is 10.2 Å². The minimum Gasteiger partial charge on any atom is -0.493 e. The van der Waals surface area contributed by atoms with Gasteiger partial charge in [0.15, 0.2) is 22.5 Å². The number of hydrogen-bond acceptors (Lipinski definition) is 7. The highest BCUT2D eigenvalue weighted by atomic mass is 32.2. The van der Waals surface area contributed by atoms with E-state index in [1.54, 1.807) is 13.2 Å². The van der Waals surface area contributed by atoms with Crippen molar-refractivity contribution >= 4 is 39.9 Å². The Bertz CT molecular complexity index is 1190. The third-order valence-electron chi connectivity index (χ3n) is 5.85. The topological polar surface area (TPSA) is 95.5 Å². The highest BCUT2D eigenvalue weighted by Gasteiger charge is 2.37. The first kappa shape index (κ1) is 22.3. The maximum Gasteiger partial charge on any atom is 0.283 e. The molecule has 1 N–H and O–H groups in total. The van der Waals surface area contributed by atoms with Gasteiger partial charge in [-0.2, -0.15) is 10.0 Å². The van der Waals surface area contributed by atoms with Crippen LogP contribution in [0.25, 0.3) is 6.08 Å². The molecule has 0 aliphatic carbocycles. The molecule has 3 aliphatic heterocycles. The first-order valence-corrected chi connectivity index (χ1v) is 12.1. The number of nitrogens with one attached hydrogen (secondary N) is 1.